The van der Waals surface area contributed by atoms with Gasteiger partial charge in [0.2, 0.25) is 0 Å². The van der Waals surface area contributed by atoms with Gasteiger partial charge in [-0.2, -0.15) is 23.7 Å². The van der Waals surface area contributed by atoms with Gasteiger partial charge in [-0.3, -0.25) is 4.79 Å². The van der Waals surface area contributed by atoms with Gasteiger partial charge in [0.1, 0.15) is 0 Å². The molecular weight excluding hydrogens is 616 g/mol. The van der Waals surface area contributed by atoms with Gasteiger partial charge in [0.25, 0.3) is 0 Å². The van der Waals surface area contributed by atoms with E-state index >= 15 is 0 Å². The van der Waals surface area contributed by atoms with Gasteiger partial charge < -0.3 is 18.9 Å². The molecule has 4 aromatic rings. The first-order valence-electron chi connectivity index (χ1n) is 13.0. The third-order valence-corrected chi connectivity index (χ3v) is 5.71. The van der Waals surface area contributed by atoms with Gasteiger partial charge in [0, 0.05) is 19.4 Å². The zero-order valence-corrected chi connectivity index (χ0v) is 26.9. The van der Waals surface area contributed by atoms with Gasteiger partial charge in [-0.15, -0.1) is 0 Å². The number of hydrogen-bond donors (Lipinski definition) is 0. The molecule has 3 aromatic heterocycles. The van der Waals surface area contributed by atoms with E-state index in [2.05, 4.69) is 52.7 Å². The van der Waals surface area contributed by atoms with Crippen LogP contribution < -0.4 is 5.11 Å². The van der Waals surface area contributed by atoms with Crippen LogP contribution in [0.15, 0.2) is 60.4 Å². The average molecular weight is 650 g/mol. The number of hydrogen-bond acceptors (Lipinski definition) is 7. The van der Waals surface area contributed by atoms with Crippen molar-refractivity contribution in [1.29, 1.82) is 10.5 Å². The van der Waals surface area contributed by atoms with Crippen molar-refractivity contribution in [2.75, 3.05) is 0 Å². The maximum absolute atomic E-state index is 11.8. The number of benzene rings is 1. The Hall–Kier alpha value is -4.59. The predicted molar refractivity (Wildman–Crippen MR) is 156 cm³/mol. The second kappa shape index (κ2) is 18.2. The first-order chi connectivity index (χ1) is 20.1. The Balaban J connectivity index is 0.000000733. The summed E-state index contributed by atoms with van der Waals surface area (Å²) in [6.07, 6.45) is -4.94. The van der Waals surface area contributed by atoms with Crippen LogP contribution in [0.2, 0.25) is 0 Å². The van der Waals surface area contributed by atoms with Crippen molar-refractivity contribution in [1.82, 2.24) is 29.1 Å². The number of rotatable bonds is 5. The number of carbonyl (C=O) groups excluding carboxylic acids is 1. The Morgan fingerprint density at radius 3 is 1.36 bits per heavy atom. The van der Waals surface area contributed by atoms with Gasteiger partial charge in [0.05, 0.1) is 29.2 Å². The minimum Gasteiger partial charge on any atom is -0.869 e. The first-order valence-corrected chi connectivity index (χ1v) is 13.0. The molecule has 10 nitrogen and oxygen atoms in total. The summed E-state index contributed by atoms with van der Waals surface area (Å²) in [5.41, 5.74) is 6.46. The molecular formula is C29H34BF3FeN8O2. The Morgan fingerprint density at radius 1 is 0.795 bits per heavy atom. The normalized spacial score (nSPS) is 10.5. The van der Waals surface area contributed by atoms with Gasteiger partial charge in [-0.25, -0.2) is 15.3 Å². The summed E-state index contributed by atoms with van der Waals surface area (Å²) in [5, 5.41) is 39.2. The summed E-state index contributed by atoms with van der Waals surface area (Å²) >= 11 is 0. The molecule has 0 saturated heterocycles. The van der Waals surface area contributed by atoms with E-state index in [4.69, 9.17) is 25.8 Å². The van der Waals surface area contributed by atoms with Crippen molar-refractivity contribution in [3.63, 3.8) is 0 Å². The van der Waals surface area contributed by atoms with Gasteiger partial charge in [-0.05, 0) is 88.7 Å². The molecule has 0 spiro atoms. The van der Waals surface area contributed by atoms with Crippen LogP contribution in [0, 0.1) is 64.2 Å². The molecule has 0 unspecified atom stereocenters. The van der Waals surface area contributed by atoms with E-state index in [-0.39, 0.29) is 28.7 Å². The van der Waals surface area contributed by atoms with Crippen LogP contribution in [0.4, 0.5) is 13.2 Å². The van der Waals surface area contributed by atoms with E-state index in [1.54, 1.807) is 18.2 Å². The second-order valence-electron chi connectivity index (χ2n) is 9.39. The van der Waals surface area contributed by atoms with Crippen LogP contribution in [-0.4, -0.2) is 48.2 Å². The molecule has 15 heteroatoms. The molecule has 234 valence electrons. The summed E-state index contributed by atoms with van der Waals surface area (Å²) in [7, 11) is -1.26. The fourth-order valence-corrected chi connectivity index (χ4v) is 4.15. The Morgan fingerprint density at radius 2 is 1.11 bits per heavy atom. The van der Waals surface area contributed by atoms with Crippen molar-refractivity contribution >= 4 is 12.9 Å². The smallest absolute Gasteiger partial charge is 0.869 e. The third-order valence-electron chi connectivity index (χ3n) is 5.71. The molecule has 0 bridgehead atoms. The van der Waals surface area contributed by atoms with Crippen LogP contribution in [0.5, 0.6) is 0 Å². The zero-order valence-electron chi connectivity index (χ0n) is 25.8. The van der Waals surface area contributed by atoms with Crippen LogP contribution in [0.3, 0.4) is 0 Å². The molecule has 0 aliphatic heterocycles. The molecule has 0 aliphatic carbocycles. The monoisotopic (exact) mass is 650 g/mol. The molecule has 0 aliphatic rings. The minimum absolute atomic E-state index is 0. The Kier molecular flexibility index (Phi) is 16.3. The number of aryl methyl sites for hydroxylation is 6. The zero-order chi connectivity index (χ0) is 32.9. The minimum atomic E-state index is -5.00. The number of ketones is 1. The number of halogens is 3. The fraction of sp³-hybridized carbons (Fsp3) is 0.310. The van der Waals surface area contributed by atoms with E-state index in [9.17, 15) is 23.1 Å². The summed E-state index contributed by atoms with van der Waals surface area (Å²) < 4.78 is 41.6. The number of aromatic nitrogens is 6. The Bertz CT molecular complexity index is 1490. The van der Waals surface area contributed by atoms with E-state index in [1.807, 2.05) is 20.8 Å². The Labute approximate surface area is 266 Å². The van der Waals surface area contributed by atoms with Crippen LogP contribution in [0.1, 0.15) is 58.4 Å². The van der Waals surface area contributed by atoms with Crippen molar-refractivity contribution in [2.45, 2.75) is 61.6 Å². The maximum Gasteiger partial charge on any atom is 2.00 e. The topological polar surface area (TPSA) is 141 Å². The molecule has 0 saturated carbocycles. The third kappa shape index (κ3) is 11.6. The van der Waals surface area contributed by atoms with Crippen molar-refractivity contribution in [3.05, 3.63) is 100 Å². The van der Waals surface area contributed by atoms with Crippen LogP contribution in [-0.2, 0) is 17.1 Å². The maximum atomic E-state index is 11.8. The molecule has 3 heterocycles. The van der Waals surface area contributed by atoms with Gasteiger partial charge in [0.15, 0.2) is 5.78 Å². The molecule has 1 aromatic carbocycles. The molecule has 0 amide bonds. The molecule has 0 fully saturated rings. The number of nitrogens with zero attached hydrogens (tertiary/aromatic N) is 8. The van der Waals surface area contributed by atoms with E-state index in [0.29, 0.717) is 0 Å². The molecule has 44 heavy (non-hydrogen) atoms. The number of alkyl halides is 3. The summed E-state index contributed by atoms with van der Waals surface area (Å²) in [4.78, 5) is 11.1. The van der Waals surface area contributed by atoms with E-state index < -0.39 is 24.8 Å². The quantitative estimate of drug-likeness (QED) is 0.134. The summed E-state index contributed by atoms with van der Waals surface area (Å²) in [6.45, 7) is 15.2. The fourth-order valence-electron chi connectivity index (χ4n) is 4.15. The number of allylic oxidation sites excluding steroid dienone is 2. The molecule has 0 atom stereocenters. The predicted octanol–water partition coefficient (Wildman–Crippen LogP) is 4.52. The molecule has 4 rings (SSSR count). The average Bonchev–Trinajstić information content (AvgIpc) is 3.55. The molecule has 0 radical (unpaired) electrons. The van der Waals surface area contributed by atoms with E-state index in [1.165, 1.54) is 38.1 Å². The molecule has 0 N–H and O–H groups in total. The SMILES string of the molecule is CC#N.CC#N.Cc1cc(C)n([BH-](n2nc(C)cc2C)n2nc(C)cc2C)n1.O=C(/C=C(\[O-])C(F)(F)F)c1ccccc1.[Fe+2]. The standard InChI is InChI=1S/C15H22BN6.C10H7F3O2.2C2H3N.Fe/c1-10-7-13(4)20(17-10)16(21-14(5)8-11(2)18-21)22-15(6)9-12(3)19-22;11-10(12,13)9(15)6-8(14)7-4-2-1-3-5-7;2*1-2-3;/h7-9,16H,1-6H3;1-6,15H;2*1H3;/q-1;;;;+2/p-1/b;9-6-;;;. The summed E-state index contributed by atoms with van der Waals surface area (Å²) in [5.74, 6) is -3.09. The first kappa shape index (κ1) is 39.4. The second-order valence-corrected chi connectivity index (χ2v) is 9.39. The van der Waals surface area contributed by atoms with Crippen molar-refractivity contribution in [2.24, 2.45) is 0 Å². The summed E-state index contributed by atoms with van der Waals surface area (Å²) in [6, 6.07) is 17.1. The van der Waals surface area contributed by atoms with Crippen molar-refractivity contribution < 1.29 is 40.1 Å². The van der Waals surface area contributed by atoms with Crippen LogP contribution >= 0.6 is 0 Å². The van der Waals surface area contributed by atoms with Gasteiger partial charge >= 0.3 is 30.4 Å². The van der Waals surface area contributed by atoms with E-state index in [0.717, 1.165) is 34.2 Å². The number of nitriles is 2. The van der Waals surface area contributed by atoms with Crippen molar-refractivity contribution in [3.8, 4) is 12.1 Å². The number of carbonyl (C=O) groups is 1. The largest absolute Gasteiger partial charge is 2.00 e. The van der Waals surface area contributed by atoms with Crippen LogP contribution in [0.25, 0.3) is 0 Å². The van der Waals surface area contributed by atoms with Gasteiger partial charge in [-0.1, -0.05) is 30.3 Å².